The predicted molar refractivity (Wildman–Crippen MR) is 120 cm³/mol. The summed E-state index contributed by atoms with van der Waals surface area (Å²) >= 11 is 5.59. The molecule has 2 aromatic rings. The highest BCUT2D eigenvalue weighted by molar-refractivity contribution is 7.80. The second-order valence-corrected chi connectivity index (χ2v) is 8.42. The van der Waals surface area contributed by atoms with E-state index in [2.05, 4.69) is 43.5 Å². The molecular weight excluding hydrogens is 384 g/mol. The third-order valence-corrected chi connectivity index (χ3v) is 5.14. The normalized spacial score (nSPS) is 16.9. The molecule has 5 nitrogen and oxygen atoms in total. The summed E-state index contributed by atoms with van der Waals surface area (Å²) in [5, 5.41) is 7.17. The van der Waals surface area contributed by atoms with E-state index in [4.69, 9.17) is 21.7 Å². The predicted octanol–water partition coefficient (Wildman–Crippen LogP) is 5.07. The number of hydrogen-bond donors (Lipinski definition) is 2. The highest BCUT2D eigenvalue weighted by Gasteiger charge is 2.34. The Balaban J connectivity index is 1.78. The summed E-state index contributed by atoms with van der Waals surface area (Å²) in [4.78, 5) is 12.0. The topological polar surface area (TPSA) is 59.6 Å². The molecule has 1 aliphatic heterocycles. The van der Waals surface area contributed by atoms with Crippen LogP contribution in [-0.4, -0.2) is 23.3 Å². The number of thiocarbonyl (C=S) groups is 1. The van der Waals surface area contributed by atoms with Crippen LogP contribution < -0.4 is 15.4 Å². The number of esters is 1. The van der Waals surface area contributed by atoms with Crippen molar-refractivity contribution in [1.82, 2.24) is 5.32 Å². The van der Waals surface area contributed by atoms with Crippen LogP contribution in [0.3, 0.4) is 0 Å². The van der Waals surface area contributed by atoms with Gasteiger partial charge in [-0.05, 0) is 70.6 Å². The van der Waals surface area contributed by atoms with Crippen molar-refractivity contribution in [3.05, 3.63) is 58.7 Å². The Labute approximate surface area is 177 Å². The molecule has 0 bridgehead atoms. The fourth-order valence-electron chi connectivity index (χ4n) is 3.52. The highest BCUT2D eigenvalue weighted by Crippen LogP contribution is 2.39. The van der Waals surface area contributed by atoms with Crippen molar-refractivity contribution in [2.24, 2.45) is 0 Å². The summed E-state index contributed by atoms with van der Waals surface area (Å²) in [6.45, 7) is 10.3. The second-order valence-electron chi connectivity index (χ2n) is 8.01. The quantitative estimate of drug-likeness (QED) is 0.540. The number of carbonyl (C=O) groups excluding carboxylic acids is 1. The zero-order valence-electron chi connectivity index (χ0n) is 17.6. The second kappa shape index (κ2) is 8.41. The number of carbonyl (C=O) groups is 1. The molecule has 2 N–H and O–H groups in total. The summed E-state index contributed by atoms with van der Waals surface area (Å²) in [7, 11) is 0. The van der Waals surface area contributed by atoms with Crippen molar-refractivity contribution in [2.75, 3.05) is 11.9 Å². The van der Waals surface area contributed by atoms with Gasteiger partial charge < -0.3 is 20.1 Å². The summed E-state index contributed by atoms with van der Waals surface area (Å²) in [5.41, 5.74) is 4.25. The Morgan fingerprint density at radius 1 is 1.24 bits per heavy atom. The van der Waals surface area contributed by atoms with Crippen LogP contribution in [0.25, 0.3) is 0 Å². The first-order valence-corrected chi connectivity index (χ1v) is 10.2. The molecule has 2 aromatic carbocycles. The van der Waals surface area contributed by atoms with Crippen LogP contribution in [0, 0.1) is 13.8 Å². The Morgan fingerprint density at radius 2 is 2.00 bits per heavy atom. The van der Waals surface area contributed by atoms with Gasteiger partial charge in [-0.3, -0.25) is 0 Å². The number of benzene rings is 2. The van der Waals surface area contributed by atoms with E-state index in [1.807, 2.05) is 19.1 Å². The van der Waals surface area contributed by atoms with E-state index in [1.54, 1.807) is 19.1 Å². The van der Waals surface area contributed by atoms with Gasteiger partial charge in [0.1, 0.15) is 11.4 Å². The van der Waals surface area contributed by atoms with E-state index in [0.717, 1.165) is 29.0 Å². The average molecular weight is 413 g/mol. The van der Waals surface area contributed by atoms with Crippen LogP contribution in [0.1, 0.15) is 60.3 Å². The highest BCUT2D eigenvalue weighted by atomic mass is 32.1. The van der Waals surface area contributed by atoms with Gasteiger partial charge in [-0.2, -0.15) is 0 Å². The minimum Gasteiger partial charge on any atom is -0.487 e. The SMILES string of the molecule is CCOC(=O)c1ccc(C)c(NC(=S)N[C@@H]2CC(C)(C)Oc3ccc(C)cc32)c1. The van der Waals surface area contributed by atoms with E-state index >= 15 is 0 Å². The summed E-state index contributed by atoms with van der Waals surface area (Å²) in [6, 6.07) is 11.6. The number of nitrogens with one attached hydrogen (secondary N) is 2. The van der Waals surface area contributed by atoms with Gasteiger partial charge in [0.25, 0.3) is 0 Å². The Kier molecular flexibility index (Phi) is 6.13. The van der Waals surface area contributed by atoms with Crippen LogP contribution in [0.5, 0.6) is 5.75 Å². The number of aryl methyl sites for hydroxylation is 2. The maximum atomic E-state index is 12.0. The molecule has 1 atom stereocenters. The van der Waals surface area contributed by atoms with Crippen LogP contribution >= 0.6 is 12.2 Å². The largest absolute Gasteiger partial charge is 0.487 e. The molecule has 0 aliphatic carbocycles. The zero-order valence-corrected chi connectivity index (χ0v) is 18.4. The third kappa shape index (κ3) is 5.07. The third-order valence-electron chi connectivity index (χ3n) is 4.92. The van der Waals surface area contributed by atoms with Gasteiger partial charge in [-0.15, -0.1) is 0 Å². The van der Waals surface area contributed by atoms with Gasteiger partial charge in [0.05, 0.1) is 18.2 Å². The Hall–Kier alpha value is -2.60. The Bertz CT molecular complexity index is 940. The molecule has 0 radical (unpaired) electrons. The van der Waals surface area contributed by atoms with Gasteiger partial charge in [-0.25, -0.2) is 4.79 Å². The van der Waals surface area contributed by atoms with Gasteiger partial charge >= 0.3 is 5.97 Å². The van der Waals surface area contributed by atoms with E-state index in [1.165, 1.54) is 5.56 Å². The van der Waals surface area contributed by atoms with Crippen LogP contribution in [0.2, 0.25) is 0 Å². The number of ether oxygens (including phenoxy) is 2. The van der Waals surface area contributed by atoms with E-state index in [9.17, 15) is 4.79 Å². The van der Waals surface area contributed by atoms with E-state index in [0.29, 0.717) is 17.3 Å². The van der Waals surface area contributed by atoms with Crippen molar-refractivity contribution in [3.8, 4) is 5.75 Å². The number of hydrogen-bond acceptors (Lipinski definition) is 4. The van der Waals surface area contributed by atoms with Crippen LogP contribution in [0.4, 0.5) is 5.69 Å². The number of fused-ring (bicyclic) bond motifs is 1. The molecule has 0 unspecified atom stereocenters. The lowest BCUT2D eigenvalue weighted by Crippen LogP contribution is -2.42. The number of anilines is 1. The molecule has 1 aliphatic rings. The van der Waals surface area contributed by atoms with Crippen molar-refractivity contribution < 1.29 is 14.3 Å². The fraction of sp³-hybridized carbons (Fsp3) is 0.391. The molecule has 3 rings (SSSR count). The standard InChI is InChI=1S/C23H28N2O3S/c1-6-27-21(26)16-9-8-15(3)18(12-16)24-22(29)25-19-13-23(4,5)28-20-10-7-14(2)11-17(19)20/h7-12,19H,6,13H2,1-5H3,(H2,24,25,29)/t19-/m1/s1. The summed E-state index contributed by atoms with van der Waals surface area (Å²) in [5.74, 6) is 0.539. The molecular formula is C23H28N2O3S. The first-order valence-electron chi connectivity index (χ1n) is 9.83. The fourth-order valence-corrected chi connectivity index (χ4v) is 3.77. The van der Waals surface area contributed by atoms with E-state index < -0.39 is 0 Å². The van der Waals surface area contributed by atoms with Crippen molar-refractivity contribution in [2.45, 2.75) is 52.7 Å². The molecule has 0 fully saturated rings. The average Bonchev–Trinajstić information content (AvgIpc) is 2.63. The molecule has 29 heavy (non-hydrogen) atoms. The Morgan fingerprint density at radius 3 is 2.72 bits per heavy atom. The molecule has 0 spiro atoms. The first kappa shape index (κ1) is 21.1. The maximum absolute atomic E-state index is 12.0. The van der Waals surface area contributed by atoms with Gasteiger partial charge in [0, 0.05) is 17.7 Å². The molecule has 0 amide bonds. The molecule has 0 aromatic heterocycles. The monoisotopic (exact) mass is 412 g/mol. The minimum absolute atomic E-state index is 0.0298. The van der Waals surface area contributed by atoms with Gasteiger partial charge in [-0.1, -0.05) is 23.8 Å². The lowest BCUT2D eigenvalue weighted by molar-refractivity contribution is 0.0526. The first-order chi connectivity index (χ1) is 13.7. The van der Waals surface area contributed by atoms with Crippen molar-refractivity contribution in [1.29, 1.82) is 0 Å². The minimum atomic E-state index is -0.343. The molecule has 154 valence electrons. The van der Waals surface area contributed by atoms with Crippen molar-refractivity contribution in [3.63, 3.8) is 0 Å². The summed E-state index contributed by atoms with van der Waals surface area (Å²) < 4.78 is 11.2. The smallest absolute Gasteiger partial charge is 0.338 e. The molecule has 0 saturated carbocycles. The lowest BCUT2D eigenvalue weighted by atomic mass is 9.89. The van der Waals surface area contributed by atoms with Gasteiger partial charge in [0.2, 0.25) is 0 Å². The van der Waals surface area contributed by atoms with Crippen LogP contribution in [-0.2, 0) is 4.74 Å². The molecule has 1 heterocycles. The number of rotatable bonds is 4. The molecule has 6 heteroatoms. The zero-order chi connectivity index (χ0) is 21.2. The molecule has 0 saturated heterocycles. The maximum Gasteiger partial charge on any atom is 0.338 e. The lowest BCUT2D eigenvalue weighted by Gasteiger charge is -2.38. The van der Waals surface area contributed by atoms with Crippen LogP contribution in [0.15, 0.2) is 36.4 Å². The summed E-state index contributed by atoms with van der Waals surface area (Å²) in [6.07, 6.45) is 0.785. The van der Waals surface area contributed by atoms with E-state index in [-0.39, 0.29) is 17.6 Å². The van der Waals surface area contributed by atoms with Gasteiger partial charge in [0.15, 0.2) is 5.11 Å². The van der Waals surface area contributed by atoms with Crippen molar-refractivity contribution >= 4 is 29.0 Å².